The SMILES string of the molecule is O=C(Cc1ccc(F)cc1)n1c(Br)cc2c1CCNC2. The van der Waals surface area contributed by atoms with Crippen LogP contribution < -0.4 is 5.32 Å². The van der Waals surface area contributed by atoms with Crippen molar-refractivity contribution in [3.63, 3.8) is 0 Å². The molecule has 20 heavy (non-hydrogen) atoms. The van der Waals surface area contributed by atoms with Gasteiger partial charge in [0.15, 0.2) is 0 Å². The minimum absolute atomic E-state index is 0.00614. The van der Waals surface area contributed by atoms with E-state index in [1.807, 2.05) is 6.07 Å². The van der Waals surface area contributed by atoms with Crippen LogP contribution in [0.15, 0.2) is 34.9 Å². The summed E-state index contributed by atoms with van der Waals surface area (Å²) >= 11 is 3.46. The number of carbonyl (C=O) groups is 1. The fourth-order valence-electron chi connectivity index (χ4n) is 2.55. The van der Waals surface area contributed by atoms with Gasteiger partial charge in [0.25, 0.3) is 0 Å². The maximum Gasteiger partial charge on any atom is 0.236 e. The van der Waals surface area contributed by atoms with Crippen molar-refractivity contribution in [2.75, 3.05) is 6.54 Å². The van der Waals surface area contributed by atoms with Gasteiger partial charge in [-0.2, -0.15) is 0 Å². The summed E-state index contributed by atoms with van der Waals surface area (Å²) in [7, 11) is 0. The van der Waals surface area contributed by atoms with E-state index in [-0.39, 0.29) is 18.1 Å². The molecule has 0 atom stereocenters. The highest BCUT2D eigenvalue weighted by Gasteiger charge is 2.20. The maximum atomic E-state index is 12.9. The van der Waals surface area contributed by atoms with Crippen LogP contribution >= 0.6 is 15.9 Å². The Kier molecular flexibility index (Phi) is 3.72. The summed E-state index contributed by atoms with van der Waals surface area (Å²) in [6.45, 7) is 1.68. The van der Waals surface area contributed by atoms with Gasteiger partial charge in [-0.1, -0.05) is 12.1 Å². The van der Waals surface area contributed by atoms with Crippen molar-refractivity contribution in [3.8, 4) is 0 Å². The number of carbonyl (C=O) groups excluding carboxylic acids is 1. The summed E-state index contributed by atoms with van der Waals surface area (Å²) in [4.78, 5) is 12.5. The molecule has 0 aliphatic carbocycles. The molecule has 2 aromatic rings. The Hall–Kier alpha value is -1.46. The van der Waals surface area contributed by atoms with Crippen LogP contribution in [-0.4, -0.2) is 17.0 Å². The molecule has 5 heteroatoms. The van der Waals surface area contributed by atoms with Crippen molar-refractivity contribution in [1.29, 1.82) is 0 Å². The predicted octanol–water partition coefficient (Wildman–Crippen LogP) is 2.92. The van der Waals surface area contributed by atoms with Crippen molar-refractivity contribution >= 4 is 21.8 Å². The predicted molar refractivity (Wildman–Crippen MR) is 78.3 cm³/mol. The average Bonchev–Trinajstić information content (AvgIpc) is 2.77. The molecule has 0 saturated heterocycles. The van der Waals surface area contributed by atoms with Crippen molar-refractivity contribution in [2.24, 2.45) is 0 Å². The van der Waals surface area contributed by atoms with Crippen LogP contribution in [0, 0.1) is 5.82 Å². The van der Waals surface area contributed by atoms with Gasteiger partial charge in [0.05, 0.1) is 11.0 Å². The number of hydrogen-bond acceptors (Lipinski definition) is 2. The Morgan fingerprint density at radius 3 is 2.85 bits per heavy atom. The molecule has 0 bridgehead atoms. The fraction of sp³-hybridized carbons (Fsp3) is 0.267. The smallest absolute Gasteiger partial charge is 0.236 e. The quantitative estimate of drug-likeness (QED) is 0.914. The molecule has 1 aliphatic rings. The molecule has 0 amide bonds. The zero-order valence-corrected chi connectivity index (χ0v) is 12.4. The van der Waals surface area contributed by atoms with Gasteiger partial charge in [-0.15, -0.1) is 0 Å². The molecule has 1 aliphatic heterocycles. The zero-order chi connectivity index (χ0) is 14.1. The average molecular weight is 337 g/mol. The summed E-state index contributed by atoms with van der Waals surface area (Å²) in [6, 6.07) is 8.06. The van der Waals surface area contributed by atoms with Crippen molar-refractivity contribution < 1.29 is 9.18 Å². The van der Waals surface area contributed by atoms with Crippen LogP contribution in [0.4, 0.5) is 4.39 Å². The third-order valence-electron chi connectivity index (χ3n) is 3.52. The van der Waals surface area contributed by atoms with E-state index < -0.39 is 0 Å². The lowest BCUT2D eigenvalue weighted by molar-refractivity contribution is 0.0908. The zero-order valence-electron chi connectivity index (χ0n) is 10.8. The van der Waals surface area contributed by atoms with Crippen molar-refractivity contribution in [1.82, 2.24) is 9.88 Å². The summed E-state index contributed by atoms with van der Waals surface area (Å²) in [5.41, 5.74) is 3.05. The number of rotatable bonds is 2. The Labute approximate surface area is 124 Å². The van der Waals surface area contributed by atoms with Crippen LogP contribution in [0.1, 0.15) is 21.6 Å². The number of nitrogens with one attached hydrogen (secondary N) is 1. The van der Waals surface area contributed by atoms with Crippen LogP contribution in [0.3, 0.4) is 0 Å². The van der Waals surface area contributed by atoms with Crippen LogP contribution in [-0.2, 0) is 19.4 Å². The lowest BCUT2D eigenvalue weighted by Gasteiger charge is -2.16. The van der Waals surface area contributed by atoms with Crippen LogP contribution in [0.25, 0.3) is 0 Å². The molecular weight excluding hydrogens is 323 g/mol. The number of hydrogen-bond donors (Lipinski definition) is 1. The Bertz CT molecular complexity index is 649. The number of benzene rings is 1. The number of halogens is 2. The highest BCUT2D eigenvalue weighted by Crippen LogP contribution is 2.24. The summed E-state index contributed by atoms with van der Waals surface area (Å²) in [6.07, 6.45) is 1.11. The van der Waals surface area contributed by atoms with Gasteiger partial charge < -0.3 is 5.32 Å². The first-order valence-corrected chi connectivity index (χ1v) is 7.32. The van der Waals surface area contributed by atoms with E-state index >= 15 is 0 Å². The van der Waals surface area contributed by atoms with Crippen molar-refractivity contribution in [3.05, 3.63) is 57.6 Å². The molecule has 104 valence electrons. The Morgan fingerprint density at radius 1 is 1.35 bits per heavy atom. The van der Waals surface area contributed by atoms with Gasteiger partial charge in [-0.3, -0.25) is 9.36 Å². The Balaban J connectivity index is 1.87. The highest BCUT2D eigenvalue weighted by atomic mass is 79.9. The molecule has 0 fully saturated rings. The van der Waals surface area contributed by atoms with Gasteiger partial charge in [0, 0.05) is 25.2 Å². The van der Waals surface area contributed by atoms with E-state index in [4.69, 9.17) is 0 Å². The molecule has 1 aromatic carbocycles. The van der Waals surface area contributed by atoms with E-state index in [9.17, 15) is 9.18 Å². The largest absolute Gasteiger partial charge is 0.312 e. The van der Waals surface area contributed by atoms with Gasteiger partial charge in [0.1, 0.15) is 5.82 Å². The normalized spacial score (nSPS) is 14.1. The standard InChI is InChI=1S/C15H14BrFN2O/c16-14-8-11-9-18-6-5-13(11)19(14)15(20)7-10-1-3-12(17)4-2-10/h1-4,8,18H,5-7,9H2. The first kappa shape index (κ1) is 13.5. The van der Waals surface area contributed by atoms with E-state index in [1.165, 1.54) is 12.1 Å². The monoisotopic (exact) mass is 336 g/mol. The maximum absolute atomic E-state index is 12.9. The minimum Gasteiger partial charge on any atom is -0.312 e. The molecular formula is C15H14BrFN2O. The fourth-order valence-corrected chi connectivity index (χ4v) is 3.23. The summed E-state index contributed by atoms with van der Waals surface area (Å²) < 4.78 is 15.4. The third kappa shape index (κ3) is 2.55. The first-order chi connectivity index (χ1) is 9.65. The van der Waals surface area contributed by atoms with E-state index in [0.29, 0.717) is 0 Å². The van der Waals surface area contributed by atoms with Crippen molar-refractivity contribution in [2.45, 2.75) is 19.4 Å². The second kappa shape index (κ2) is 5.50. The number of nitrogens with zero attached hydrogens (tertiary/aromatic N) is 1. The van der Waals surface area contributed by atoms with Gasteiger partial charge in [-0.25, -0.2) is 4.39 Å². The van der Waals surface area contributed by atoms with Gasteiger partial charge in [-0.05, 0) is 45.3 Å². The second-order valence-electron chi connectivity index (χ2n) is 4.90. The summed E-state index contributed by atoms with van der Waals surface area (Å²) in [5, 5.41) is 3.29. The number of aromatic nitrogens is 1. The third-order valence-corrected chi connectivity index (χ3v) is 4.10. The lowest BCUT2D eigenvalue weighted by Crippen LogP contribution is -2.26. The second-order valence-corrected chi connectivity index (χ2v) is 5.71. The molecule has 0 spiro atoms. The molecule has 1 aromatic heterocycles. The topological polar surface area (TPSA) is 34.0 Å². The van der Waals surface area contributed by atoms with Gasteiger partial charge >= 0.3 is 0 Å². The minimum atomic E-state index is -0.285. The van der Waals surface area contributed by atoms with E-state index in [0.717, 1.165) is 40.9 Å². The lowest BCUT2D eigenvalue weighted by atomic mass is 10.1. The van der Waals surface area contributed by atoms with Crippen LogP contribution in [0.5, 0.6) is 0 Å². The molecule has 1 N–H and O–H groups in total. The van der Waals surface area contributed by atoms with E-state index in [2.05, 4.69) is 21.2 Å². The summed E-state index contributed by atoms with van der Waals surface area (Å²) in [5.74, 6) is -0.279. The first-order valence-electron chi connectivity index (χ1n) is 6.52. The van der Waals surface area contributed by atoms with Crippen LogP contribution in [0.2, 0.25) is 0 Å². The molecule has 0 unspecified atom stereocenters. The van der Waals surface area contributed by atoms with Gasteiger partial charge in [0.2, 0.25) is 5.91 Å². The number of fused-ring (bicyclic) bond motifs is 1. The molecule has 0 saturated carbocycles. The van der Waals surface area contributed by atoms with E-state index in [1.54, 1.807) is 16.7 Å². The molecule has 3 nitrogen and oxygen atoms in total. The Morgan fingerprint density at radius 2 is 2.10 bits per heavy atom. The highest BCUT2D eigenvalue weighted by molar-refractivity contribution is 9.10. The molecule has 2 heterocycles. The molecule has 3 rings (SSSR count). The molecule has 0 radical (unpaired) electrons.